The standard InChI is InChI=1S/C16H23N5O3/c1-2-7-21-15(23)13(18-16(21)24)10-14(22)20-8-4-11(5-9-20)12-3-6-17-19-12/h3,6,11,13H,2,4-5,7-10H2,1H3,(H,17,19)(H,18,24)/t13-/m0/s1. The Labute approximate surface area is 140 Å². The Kier molecular flexibility index (Phi) is 4.82. The Morgan fingerprint density at radius 3 is 2.71 bits per heavy atom. The first-order valence-corrected chi connectivity index (χ1v) is 8.49. The average molecular weight is 333 g/mol. The summed E-state index contributed by atoms with van der Waals surface area (Å²) < 4.78 is 0. The number of likely N-dealkylation sites (tertiary alicyclic amines) is 1. The molecule has 0 aliphatic carbocycles. The zero-order valence-electron chi connectivity index (χ0n) is 13.8. The molecule has 0 saturated carbocycles. The van der Waals surface area contributed by atoms with E-state index in [9.17, 15) is 14.4 Å². The molecule has 2 N–H and O–H groups in total. The fourth-order valence-corrected chi connectivity index (χ4v) is 3.39. The van der Waals surface area contributed by atoms with Gasteiger partial charge in [-0.05, 0) is 25.3 Å². The molecular weight excluding hydrogens is 310 g/mol. The number of imide groups is 1. The van der Waals surface area contributed by atoms with E-state index in [2.05, 4.69) is 15.5 Å². The third-order valence-electron chi connectivity index (χ3n) is 4.74. The molecule has 3 rings (SSSR count). The molecule has 1 atom stereocenters. The number of carbonyl (C=O) groups excluding carboxylic acids is 3. The third kappa shape index (κ3) is 3.27. The van der Waals surface area contributed by atoms with Crippen molar-refractivity contribution in [1.29, 1.82) is 0 Å². The molecule has 0 aromatic carbocycles. The molecule has 8 heteroatoms. The molecule has 2 saturated heterocycles. The number of piperidine rings is 1. The molecule has 4 amide bonds. The summed E-state index contributed by atoms with van der Waals surface area (Å²) in [4.78, 5) is 39.4. The van der Waals surface area contributed by atoms with Gasteiger partial charge in [-0.15, -0.1) is 0 Å². The number of H-pyrrole nitrogens is 1. The Balaban J connectivity index is 1.51. The zero-order valence-corrected chi connectivity index (χ0v) is 13.8. The van der Waals surface area contributed by atoms with E-state index in [-0.39, 0.29) is 18.2 Å². The molecule has 8 nitrogen and oxygen atoms in total. The van der Waals surface area contributed by atoms with Crippen LogP contribution in [0.25, 0.3) is 0 Å². The van der Waals surface area contributed by atoms with Gasteiger partial charge in [0.15, 0.2) is 0 Å². The molecule has 0 spiro atoms. The lowest BCUT2D eigenvalue weighted by molar-refractivity contribution is -0.136. The number of nitrogens with zero attached hydrogens (tertiary/aromatic N) is 3. The quantitative estimate of drug-likeness (QED) is 0.780. The number of hydrogen-bond acceptors (Lipinski definition) is 4. The van der Waals surface area contributed by atoms with Crippen LogP contribution in [0.4, 0.5) is 4.79 Å². The second kappa shape index (κ2) is 7.02. The second-order valence-corrected chi connectivity index (χ2v) is 6.36. The van der Waals surface area contributed by atoms with Gasteiger partial charge in [0, 0.05) is 37.4 Å². The molecule has 2 aliphatic rings. The summed E-state index contributed by atoms with van der Waals surface area (Å²) in [5.41, 5.74) is 1.11. The van der Waals surface area contributed by atoms with Gasteiger partial charge in [-0.3, -0.25) is 19.6 Å². The monoisotopic (exact) mass is 333 g/mol. The van der Waals surface area contributed by atoms with E-state index >= 15 is 0 Å². The lowest BCUT2D eigenvalue weighted by Crippen LogP contribution is -2.42. The van der Waals surface area contributed by atoms with E-state index in [1.807, 2.05) is 13.0 Å². The maximum atomic E-state index is 12.4. The first-order chi connectivity index (χ1) is 11.6. The number of hydrogen-bond donors (Lipinski definition) is 2. The van der Waals surface area contributed by atoms with Gasteiger partial charge in [0.25, 0.3) is 5.91 Å². The van der Waals surface area contributed by atoms with E-state index in [1.54, 1.807) is 11.1 Å². The van der Waals surface area contributed by atoms with Crippen molar-refractivity contribution in [3.63, 3.8) is 0 Å². The normalized spacial score (nSPS) is 22.1. The highest BCUT2D eigenvalue weighted by Crippen LogP contribution is 2.26. The zero-order chi connectivity index (χ0) is 17.1. The third-order valence-corrected chi connectivity index (χ3v) is 4.74. The van der Waals surface area contributed by atoms with Gasteiger partial charge in [0.1, 0.15) is 6.04 Å². The number of carbonyl (C=O) groups is 3. The van der Waals surface area contributed by atoms with Gasteiger partial charge in [0.2, 0.25) is 5.91 Å². The van der Waals surface area contributed by atoms with Gasteiger partial charge < -0.3 is 10.2 Å². The van der Waals surface area contributed by atoms with E-state index in [0.29, 0.717) is 32.0 Å². The van der Waals surface area contributed by atoms with Crippen LogP contribution in [0.5, 0.6) is 0 Å². The summed E-state index contributed by atoms with van der Waals surface area (Å²) in [6.07, 6.45) is 4.24. The van der Waals surface area contributed by atoms with Crippen molar-refractivity contribution in [2.24, 2.45) is 0 Å². The predicted octanol–water partition coefficient (Wildman–Crippen LogP) is 0.836. The van der Waals surface area contributed by atoms with Crippen LogP contribution < -0.4 is 5.32 Å². The van der Waals surface area contributed by atoms with Crippen LogP contribution in [0.2, 0.25) is 0 Å². The highest BCUT2D eigenvalue weighted by Gasteiger charge is 2.39. The summed E-state index contributed by atoms with van der Waals surface area (Å²) in [7, 11) is 0. The van der Waals surface area contributed by atoms with Crippen molar-refractivity contribution in [2.45, 2.75) is 44.6 Å². The molecule has 0 radical (unpaired) electrons. The Morgan fingerprint density at radius 1 is 1.33 bits per heavy atom. The first kappa shape index (κ1) is 16.5. The van der Waals surface area contributed by atoms with E-state index in [4.69, 9.17) is 0 Å². The Morgan fingerprint density at radius 2 is 2.08 bits per heavy atom. The molecule has 0 unspecified atom stereocenters. The van der Waals surface area contributed by atoms with E-state index < -0.39 is 12.1 Å². The van der Waals surface area contributed by atoms with Crippen molar-refractivity contribution in [1.82, 2.24) is 25.3 Å². The minimum Gasteiger partial charge on any atom is -0.343 e. The minimum atomic E-state index is -0.720. The van der Waals surface area contributed by atoms with Crippen molar-refractivity contribution >= 4 is 17.8 Å². The summed E-state index contributed by atoms with van der Waals surface area (Å²) in [6, 6.07) is 0.858. The van der Waals surface area contributed by atoms with Crippen molar-refractivity contribution < 1.29 is 14.4 Å². The smallest absolute Gasteiger partial charge is 0.324 e. The molecule has 2 fully saturated rings. The van der Waals surface area contributed by atoms with Crippen LogP contribution in [-0.4, -0.2) is 63.5 Å². The number of urea groups is 1. The van der Waals surface area contributed by atoms with Crippen molar-refractivity contribution in [3.8, 4) is 0 Å². The lowest BCUT2D eigenvalue weighted by atomic mass is 9.93. The average Bonchev–Trinajstić information content (AvgIpc) is 3.20. The molecule has 24 heavy (non-hydrogen) atoms. The van der Waals surface area contributed by atoms with Crippen LogP contribution in [0, 0.1) is 0 Å². The lowest BCUT2D eigenvalue weighted by Gasteiger charge is -2.32. The minimum absolute atomic E-state index is 0.0412. The van der Waals surface area contributed by atoms with Gasteiger partial charge in [-0.1, -0.05) is 6.92 Å². The van der Waals surface area contributed by atoms with E-state index in [0.717, 1.165) is 18.5 Å². The predicted molar refractivity (Wildman–Crippen MR) is 86.1 cm³/mol. The number of rotatable bonds is 5. The number of nitrogens with one attached hydrogen (secondary N) is 2. The fourth-order valence-electron chi connectivity index (χ4n) is 3.39. The topological polar surface area (TPSA) is 98.4 Å². The Hall–Kier alpha value is -2.38. The van der Waals surface area contributed by atoms with E-state index in [1.165, 1.54) is 4.90 Å². The van der Waals surface area contributed by atoms with Gasteiger partial charge >= 0.3 is 6.03 Å². The van der Waals surface area contributed by atoms with Gasteiger partial charge in [-0.25, -0.2) is 4.79 Å². The van der Waals surface area contributed by atoms with Crippen LogP contribution in [0.1, 0.15) is 44.2 Å². The van der Waals surface area contributed by atoms with Crippen molar-refractivity contribution in [3.05, 3.63) is 18.0 Å². The van der Waals surface area contributed by atoms with Gasteiger partial charge in [0.05, 0.1) is 6.42 Å². The second-order valence-electron chi connectivity index (χ2n) is 6.36. The maximum Gasteiger partial charge on any atom is 0.324 e. The highest BCUT2D eigenvalue weighted by atomic mass is 16.2. The summed E-state index contributed by atoms with van der Waals surface area (Å²) >= 11 is 0. The van der Waals surface area contributed by atoms with Crippen molar-refractivity contribution in [2.75, 3.05) is 19.6 Å². The maximum absolute atomic E-state index is 12.4. The summed E-state index contributed by atoms with van der Waals surface area (Å²) in [6.45, 7) is 3.62. The van der Waals surface area contributed by atoms with Crippen LogP contribution in [-0.2, 0) is 9.59 Å². The molecule has 130 valence electrons. The molecule has 2 aliphatic heterocycles. The molecular formula is C16H23N5O3. The van der Waals surface area contributed by atoms with Crippen LogP contribution in [0.15, 0.2) is 12.3 Å². The SMILES string of the molecule is CCCN1C(=O)N[C@@H](CC(=O)N2CCC(c3ccn[nH]3)CC2)C1=O. The first-order valence-electron chi connectivity index (χ1n) is 8.49. The largest absolute Gasteiger partial charge is 0.343 e. The fraction of sp³-hybridized carbons (Fsp3) is 0.625. The summed E-state index contributed by atoms with van der Waals surface area (Å²) in [5, 5.41) is 9.57. The highest BCUT2D eigenvalue weighted by molar-refractivity contribution is 6.05. The molecule has 1 aromatic rings. The Bertz CT molecular complexity index is 607. The summed E-state index contributed by atoms with van der Waals surface area (Å²) in [5.74, 6) is 0.0296. The number of amides is 4. The van der Waals surface area contributed by atoms with Crippen LogP contribution >= 0.6 is 0 Å². The number of aromatic nitrogens is 2. The molecule has 0 bridgehead atoms. The van der Waals surface area contributed by atoms with Crippen LogP contribution in [0.3, 0.4) is 0 Å². The molecule has 1 aromatic heterocycles. The number of aromatic amines is 1. The molecule has 3 heterocycles. The van der Waals surface area contributed by atoms with Gasteiger partial charge in [-0.2, -0.15) is 5.10 Å².